The van der Waals surface area contributed by atoms with Gasteiger partial charge in [0, 0.05) is 28.2 Å². The molecule has 1 aromatic heterocycles. The summed E-state index contributed by atoms with van der Waals surface area (Å²) in [5.41, 5.74) is 2.66. The Morgan fingerprint density at radius 3 is 2.27 bits per heavy atom. The van der Waals surface area contributed by atoms with Crippen LogP contribution in [-0.4, -0.2) is 45.2 Å². The molecule has 1 amide bonds. The number of carbonyl (C=O) groups is 2. The maximum Gasteiger partial charge on any atom is 0.358 e. The van der Waals surface area contributed by atoms with Gasteiger partial charge in [0.25, 0.3) is 5.91 Å². The van der Waals surface area contributed by atoms with Crippen molar-refractivity contribution in [2.45, 2.75) is 32.9 Å². The largest absolute Gasteiger partial charge is 0.461 e. The molecular formula is C25H23Cl2N3O3. The Balaban J connectivity index is 1.73. The van der Waals surface area contributed by atoms with Crippen molar-refractivity contribution in [3.05, 3.63) is 82.0 Å². The van der Waals surface area contributed by atoms with Gasteiger partial charge in [-0.1, -0.05) is 35.4 Å². The van der Waals surface area contributed by atoms with Gasteiger partial charge in [-0.25, -0.2) is 9.48 Å². The second-order valence-electron chi connectivity index (χ2n) is 7.80. The Bertz CT molecular complexity index is 1220. The van der Waals surface area contributed by atoms with Crippen LogP contribution >= 0.6 is 23.2 Å². The summed E-state index contributed by atoms with van der Waals surface area (Å²) in [4.78, 5) is 27.2. The fourth-order valence-corrected chi connectivity index (χ4v) is 4.42. The second kappa shape index (κ2) is 9.41. The first-order valence-electron chi connectivity index (χ1n) is 10.6. The van der Waals surface area contributed by atoms with E-state index in [1.54, 1.807) is 60.1 Å². The molecule has 0 spiro atoms. The zero-order chi connectivity index (χ0) is 23.7. The summed E-state index contributed by atoms with van der Waals surface area (Å²) in [5, 5.41) is 5.39. The van der Waals surface area contributed by atoms with E-state index < -0.39 is 5.97 Å². The van der Waals surface area contributed by atoms with Crippen molar-refractivity contribution in [2.24, 2.45) is 0 Å². The Morgan fingerprint density at radius 2 is 1.67 bits per heavy atom. The first kappa shape index (κ1) is 23.1. The number of hydrogen-bond donors (Lipinski definition) is 0. The van der Waals surface area contributed by atoms with E-state index >= 15 is 0 Å². The molecule has 1 aliphatic rings. The lowest BCUT2D eigenvalue weighted by Gasteiger charge is -2.26. The van der Waals surface area contributed by atoms with Crippen molar-refractivity contribution in [2.75, 3.05) is 6.61 Å². The molecule has 8 heteroatoms. The molecule has 0 aliphatic carbocycles. The van der Waals surface area contributed by atoms with Gasteiger partial charge in [0.2, 0.25) is 0 Å². The lowest BCUT2D eigenvalue weighted by molar-refractivity contribution is 0.0518. The molecule has 3 aromatic rings. The molecule has 0 N–H and O–H groups in total. The molecule has 170 valence electrons. The van der Waals surface area contributed by atoms with Crippen molar-refractivity contribution < 1.29 is 14.3 Å². The van der Waals surface area contributed by atoms with E-state index in [9.17, 15) is 9.59 Å². The molecular weight excluding hydrogens is 461 g/mol. The maximum absolute atomic E-state index is 13.0. The first-order chi connectivity index (χ1) is 15.8. The van der Waals surface area contributed by atoms with E-state index in [2.05, 4.69) is 5.10 Å². The van der Waals surface area contributed by atoms with Crippen molar-refractivity contribution in [1.82, 2.24) is 14.7 Å². The average molecular weight is 484 g/mol. The lowest BCUT2D eigenvalue weighted by Crippen LogP contribution is -2.39. The van der Waals surface area contributed by atoms with Gasteiger partial charge in [-0.15, -0.1) is 0 Å². The SMILES string of the molecule is CCOC(=O)c1cc(-c2ccc(Cl)cc2Cl)n(-c2ccc(C(=O)N3[C@H](C)C=C[C@@H]3C)cc2)n1. The van der Waals surface area contributed by atoms with E-state index in [0.717, 1.165) is 0 Å². The van der Waals surface area contributed by atoms with E-state index in [1.165, 1.54) is 0 Å². The molecule has 0 saturated heterocycles. The number of esters is 1. The number of hydrogen-bond acceptors (Lipinski definition) is 4. The number of benzene rings is 2. The van der Waals surface area contributed by atoms with Crippen LogP contribution in [0.25, 0.3) is 16.9 Å². The Morgan fingerprint density at radius 1 is 1.00 bits per heavy atom. The summed E-state index contributed by atoms with van der Waals surface area (Å²) in [6.45, 7) is 5.96. The Labute approximate surface area is 202 Å². The number of nitrogens with zero attached hydrogens (tertiary/aromatic N) is 3. The molecule has 6 nitrogen and oxygen atoms in total. The third kappa shape index (κ3) is 4.54. The molecule has 1 aliphatic heterocycles. The van der Waals surface area contributed by atoms with Gasteiger partial charge in [0.1, 0.15) is 0 Å². The predicted molar refractivity (Wildman–Crippen MR) is 129 cm³/mol. The van der Waals surface area contributed by atoms with Crippen molar-refractivity contribution in [1.29, 1.82) is 0 Å². The normalized spacial score (nSPS) is 17.4. The summed E-state index contributed by atoms with van der Waals surface area (Å²) in [5.74, 6) is -0.570. The number of carbonyl (C=O) groups excluding carboxylic acids is 2. The van der Waals surface area contributed by atoms with Crippen LogP contribution in [0.15, 0.2) is 60.7 Å². The molecule has 2 aromatic carbocycles. The molecule has 4 rings (SSSR count). The van der Waals surface area contributed by atoms with E-state index in [1.807, 2.05) is 30.9 Å². The minimum Gasteiger partial charge on any atom is -0.461 e. The van der Waals surface area contributed by atoms with Gasteiger partial charge in [-0.05, 0) is 69.3 Å². The zero-order valence-corrected chi connectivity index (χ0v) is 20.0. The van der Waals surface area contributed by atoms with Crippen LogP contribution < -0.4 is 0 Å². The van der Waals surface area contributed by atoms with Crippen LogP contribution in [0.1, 0.15) is 41.6 Å². The highest BCUT2D eigenvalue weighted by molar-refractivity contribution is 6.36. The van der Waals surface area contributed by atoms with E-state index in [0.29, 0.717) is 32.6 Å². The number of halogens is 2. The topological polar surface area (TPSA) is 64.4 Å². The quantitative estimate of drug-likeness (QED) is 0.339. The van der Waals surface area contributed by atoms with Gasteiger partial charge in [-0.2, -0.15) is 5.10 Å². The molecule has 0 bridgehead atoms. The summed E-state index contributed by atoms with van der Waals surface area (Å²) in [7, 11) is 0. The first-order valence-corrected chi connectivity index (χ1v) is 11.4. The molecule has 0 unspecified atom stereocenters. The summed E-state index contributed by atoms with van der Waals surface area (Å²) < 4.78 is 6.73. The van der Waals surface area contributed by atoms with Gasteiger partial charge in [0.05, 0.1) is 23.0 Å². The summed E-state index contributed by atoms with van der Waals surface area (Å²) in [6, 6.07) is 13.9. The van der Waals surface area contributed by atoms with Crippen LogP contribution in [0.3, 0.4) is 0 Å². The van der Waals surface area contributed by atoms with Gasteiger partial charge < -0.3 is 9.64 Å². The van der Waals surface area contributed by atoms with Crippen molar-refractivity contribution >= 4 is 35.1 Å². The van der Waals surface area contributed by atoms with Crippen LogP contribution in [0.2, 0.25) is 10.0 Å². The van der Waals surface area contributed by atoms with Crippen LogP contribution in [0, 0.1) is 0 Å². The highest BCUT2D eigenvalue weighted by Crippen LogP contribution is 2.33. The van der Waals surface area contributed by atoms with Gasteiger partial charge in [0.15, 0.2) is 5.69 Å². The maximum atomic E-state index is 13.0. The van der Waals surface area contributed by atoms with E-state index in [4.69, 9.17) is 27.9 Å². The molecule has 0 radical (unpaired) electrons. The van der Waals surface area contributed by atoms with Gasteiger partial charge in [-0.3, -0.25) is 4.79 Å². The third-order valence-corrected chi connectivity index (χ3v) is 6.09. The number of rotatable bonds is 5. The van der Waals surface area contributed by atoms with E-state index in [-0.39, 0.29) is 30.3 Å². The second-order valence-corrected chi connectivity index (χ2v) is 8.64. The molecule has 2 heterocycles. The highest BCUT2D eigenvalue weighted by atomic mass is 35.5. The average Bonchev–Trinajstić information content (AvgIpc) is 3.37. The molecule has 0 saturated carbocycles. The van der Waals surface area contributed by atoms with Crippen LogP contribution in [0.5, 0.6) is 0 Å². The number of amides is 1. The molecule has 2 atom stereocenters. The smallest absolute Gasteiger partial charge is 0.358 e. The standard InChI is InChI=1S/C25H23Cl2N3O3/c1-4-33-25(32)22-14-23(20-12-9-18(26)13-21(20)27)30(28-22)19-10-7-17(8-11-19)24(31)29-15(2)5-6-16(29)3/h5-16H,4H2,1-3H3/t15-,16+. The molecule has 33 heavy (non-hydrogen) atoms. The van der Waals surface area contributed by atoms with Crippen LogP contribution in [-0.2, 0) is 4.74 Å². The fourth-order valence-electron chi connectivity index (χ4n) is 3.91. The summed E-state index contributed by atoms with van der Waals surface area (Å²) >= 11 is 12.5. The molecule has 0 fully saturated rings. The number of aromatic nitrogens is 2. The minimum absolute atomic E-state index is 0.0415. The van der Waals surface area contributed by atoms with Crippen molar-refractivity contribution in [3.8, 4) is 16.9 Å². The van der Waals surface area contributed by atoms with Gasteiger partial charge >= 0.3 is 5.97 Å². The monoisotopic (exact) mass is 483 g/mol. The summed E-state index contributed by atoms with van der Waals surface area (Å²) in [6.07, 6.45) is 4.06. The van der Waals surface area contributed by atoms with Crippen LogP contribution in [0.4, 0.5) is 0 Å². The fraction of sp³-hybridized carbons (Fsp3) is 0.240. The Hall–Kier alpha value is -3.09. The zero-order valence-electron chi connectivity index (χ0n) is 18.5. The van der Waals surface area contributed by atoms with Crippen molar-refractivity contribution in [3.63, 3.8) is 0 Å². The number of ether oxygens (including phenoxy) is 1. The predicted octanol–water partition coefficient (Wildman–Crippen LogP) is 5.81. The minimum atomic E-state index is -0.529. The Kier molecular flexibility index (Phi) is 6.58. The highest BCUT2D eigenvalue weighted by Gasteiger charge is 2.28. The third-order valence-electron chi connectivity index (χ3n) is 5.54. The lowest BCUT2D eigenvalue weighted by atomic mass is 10.1.